The summed E-state index contributed by atoms with van der Waals surface area (Å²) in [6, 6.07) is 5.82. The largest absolute Gasteiger partial charge is 0.466 e. The van der Waals surface area contributed by atoms with E-state index in [2.05, 4.69) is 15.1 Å². The lowest BCUT2D eigenvalue weighted by Gasteiger charge is -2.34. The molecule has 144 valence electrons. The van der Waals surface area contributed by atoms with Gasteiger partial charge in [0, 0.05) is 24.2 Å². The topological polar surface area (TPSA) is 112 Å². The van der Waals surface area contributed by atoms with Crippen LogP contribution in [0.5, 0.6) is 0 Å². The number of benzene rings is 1. The summed E-state index contributed by atoms with van der Waals surface area (Å²) in [6.07, 6.45) is 1.72. The summed E-state index contributed by atoms with van der Waals surface area (Å²) in [6.45, 7) is 5.58. The molecule has 1 aliphatic rings. The summed E-state index contributed by atoms with van der Waals surface area (Å²) in [4.78, 5) is 24.4. The fraction of sp³-hybridized carbons (Fsp3) is 0.500. The fourth-order valence-electron chi connectivity index (χ4n) is 3.21. The zero-order valence-electron chi connectivity index (χ0n) is 15.3. The predicted octanol–water partition coefficient (Wildman–Crippen LogP) is 2.98. The minimum Gasteiger partial charge on any atom is -0.466 e. The first kappa shape index (κ1) is 19.0. The number of hydrogen-bond donors (Lipinski definition) is 0. The van der Waals surface area contributed by atoms with E-state index in [-0.39, 0.29) is 23.6 Å². The Balaban J connectivity index is 1.70. The molecular weight excluding hydrogens is 352 g/mol. The maximum absolute atomic E-state index is 12.0. The monoisotopic (exact) mass is 374 g/mol. The van der Waals surface area contributed by atoms with Gasteiger partial charge in [-0.05, 0) is 45.4 Å². The number of carbonyl (C=O) groups excluding carboxylic acids is 1. The number of hydrogen-bond acceptors (Lipinski definition) is 8. The highest BCUT2D eigenvalue weighted by Gasteiger charge is 2.31. The highest BCUT2D eigenvalue weighted by Crippen LogP contribution is 2.29. The first-order valence-corrected chi connectivity index (χ1v) is 8.98. The normalized spacial score (nSPS) is 18.8. The molecule has 1 aromatic heterocycles. The van der Waals surface area contributed by atoms with Gasteiger partial charge in [-0.3, -0.25) is 19.8 Å². The van der Waals surface area contributed by atoms with Crippen LogP contribution in [0.4, 0.5) is 5.69 Å². The molecule has 0 saturated carbocycles. The lowest BCUT2D eigenvalue weighted by molar-refractivity contribution is -0.384. The van der Waals surface area contributed by atoms with Crippen LogP contribution in [-0.4, -0.2) is 45.7 Å². The number of nitro groups is 1. The molecular formula is C18H22N4O5. The van der Waals surface area contributed by atoms with Crippen molar-refractivity contribution in [2.45, 2.75) is 32.7 Å². The number of non-ortho nitro benzene ring substituents is 1. The van der Waals surface area contributed by atoms with Crippen LogP contribution in [0.15, 0.2) is 28.7 Å². The van der Waals surface area contributed by atoms with Gasteiger partial charge in [-0.2, -0.15) is 0 Å². The van der Waals surface area contributed by atoms with E-state index in [0.29, 0.717) is 30.5 Å². The maximum Gasteiger partial charge on any atom is 0.310 e. The Bertz CT molecular complexity index is 804. The van der Waals surface area contributed by atoms with Gasteiger partial charge in [0.15, 0.2) is 0 Å². The highest BCUT2D eigenvalue weighted by molar-refractivity contribution is 5.72. The second-order valence-electron chi connectivity index (χ2n) is 6.51. The molecule has 1 fully saturated rings. The zero-order chi connectivity index (χ0) is 19.4. The fourth-order valence-corrected chi connectivity index (χ4v) is 3.21. The number of piperidine rings is 1. The number of aromatic nitrogens is 2. The van der Waals surface area contributed by atoms with Gasteiger partial charge in [0.2, 0.25) is 11.8 Å². The van der Waals surface area contributed by atoms with Gasteiger partial charge in [-0.25, -0.2) is 0 Å². The highest BCUT2D eigenvalue weighted by atomic mass is 16.6. The quantitative estimate of drug-likeness (QED) is 0.431. The van der Waals surface area contributed by atoms with Crippen molar-refractivity contribution in [1.82, 2.24) is 15.1 Å². The van der Waals surface area contributed by atoms with Gasteiger partial charge in [-0.15, -0.1) is 10.2 Å². The molecule has 0 radical (unpaired) electrons. The lowest BCUT2D eigenvalue weighted by Crippen LogP contribution is -2.40. The van der Waals surface area contributed by atoms with E-state index in [1.807, 2.05) is 6.92 Å². The zero-order valence-corrected chi connectivity index (χ0v) is 15.3. The molecule has 3 rings (SSSR count). The number of esters is 1. The van der Waals surface area contributed by atoms with E-state index < -0.39 is 4.92 Å². The summed E-state index contributed by atoms with van der Waals surface area (Å²) in [7, 11) is 0. The number of carbonyl (C=O) groups is 1. The van der Waals surface area contributed by atoms with E-state index in [1.165, 1.54) is 12.1 Å². The van der Waals surface area contributed by atoms with Crippen molar-refractivity contribution < 1.29 is 18.9 Å². The van der Waals surface area contributed by atoms with E-state index in [1.54, 1.807) is 19.1 Å². The first-order valence-electron chi connectivity index (χ1n) is 8.98. The number of ether oxygens (including phenoxy) is 1. The summed E-state index contributed by atoms with van der Waals surface area (Å²) in [5.74, 6) is 0.461. The summed E-state index contributed by atoms with van der Waals surface area (Å²) >= 11 is 0. The third-order valence-electron chi connectivity index (χ3n) is 4.74. The van der Waals surface area contributed by atoms with Crippen LogP contribution in [0, 0.1) is 16.0 Å². The van der Waals surface area contributed by atoms with Crippen LogP contribution in [0.1, 0.15) is 38.6 Å². The second-order valence-corrected chi connectivity index (χ2v) is 6.51. The second kappa shape index (κ2) is 8.26. The molecule has 2 unspecified atom stereocenters. The van der Waals surface area contributed by atoms with E-state index in [4.69, 9.17) is 9.15 Å². The molecule has 1 aromatic carbocycles. The van der Waals surface area contributed by atoms with Crippen LogP contribution in [-0.2, 0) is 9.53 Å². The lowest BCUT2D eigenvalue weighted by atomic mass is 9.97. The molecule has 0 N–H and O–H groups in total. The average Bonchev–Trinajstić information content (AvgIpc) is 3.18. The van der Waals surface area contributed by atoms with Gasteiger partial charge < -0.3 is 9.15 Å². The van der Waals surface area contributed by atoms with E-state index in [0.717, 1.165) is 19.4 Å². The average molecular weight is 374 g/mol. The van der Waals surface area contributed by atoms with Gasteiger partial charge >= 0.3 is 5.97 Å². The molecule has 0 aliphatic carbocycles. The molecule has 2 atom stereocenters. The Morgan fingerprint density at radius 2 is 2.15 bits per heavy atom. The third-order valence-corrected chi connectivity index (χ3v) is 4.74. The van der Waals surface area contributed by atoms with Gasteiger partial charge in [0.05, 0.1) is 23.5 Å². The van der Waals surface area contributed by atoms with Crippen LogP contribution in [0.25, 0.3) is 11.5 Å². The standard InChI is InChI=1S/C18H22N4O5/c1-3-26-18(23)14-5-4-10-21(11-14)12(2)16-19-20-17(27-16)13-6-8-15(9-7-13)22(24)25/h6-9,12,14H,3-5,10-11H2,1-2H3. The predicted molar refractivity (Wildman–Crippen MR) is 95.7 cm³/mol. The minimum atomic E-state index is -0.457. The van der Waals surface area contributed by atoms with Crippen molar-refractivity contribution in [3.8, 4) is 11.5 Å². The molecule has 0 bridgehead atoms. The van der Waals surface area contributed by atoms with Crippen molar-refractivity contribution in [1.29, 1.82) is 0 Å². The Labute approximate surface area is 156 Å². The Kier molecular flexibility index (Phi) is 5.80. The number of rotatable bonds is 6. The Morgan fingerprint density at radius 3 is 2.81 bits per heavy atom. The molecule has 9 nitrogen and oxygen atoms in total. The molecule has 1 aliphatic heterocycles. The van der Waals surface area contributed by atoms with Crippen molar-refractivity contribution >= 4 is 11.7 Å². The van der Waals surface area contributed by atoms with E-state index in [9.17, 15) is 14.9 Å². The smallest absolute Gasteiger partial charge is 0.310 e. The molecule has 1 saturated heterocycles. The van der Waals surface area contributed by atoms with Crippen molar-refractivity contribution in [2.24, 2.45) is 5.92 Å². The number of nitro benzene ring substituents is 1. The molecule has 2 aromatic rings. The van der Waals surface area contributed by atoms with Gasteiger partial charge in [0.1, 0.15) is 0 Å². The van der Waals surface area contributed by atoms with Crippen molar-refractivity contribution in [3.63, 3.8) is 0 Å². The van der Waals surface area contributed by atoms with E-state index >= 15 is 0 Å². The van der Waals surface area contributed by atoms with Crippen LogP contribution >= 0.6 is 0 Å². The summed E-state index contributed by atoms with van der Waals surface area (Å²) in [5.41, 5.74) is 0.625. The number of likely N-dealkylation sites (tertiary alicyclic amines) is 1. The first-order chi connectivity index (χ1) is 13.0. The number of nitrogens with zero attached hydrogens (tertiary/aromatic N) is 4. The molecule has 9 heteroatoms. The Hall–Kier alpha value is -2.81. The third kappa shape index (κ3) is 4.30. The molecule has 27 heavy (non-hydrogen) atoms. The minimum absolute atomic E-state index is 0.00480. The summed E-state index contributed by atoms with van der Waals surface area (Å²) in [5, 5.41) is 18.9. The van der Waals surface area contributed by atoms with Crippen LogP contribution in [0.2, 0.25) is 0 Å². The SMILES string of the molecule is CCOC(=O)C1CCCN(C(C)c2nnc(-c3ccc([N+](=O)[O-])cc3)o2)C1. The molecule has 0 amide bonds. The Morgan fingerprint density at radius 1 is 1.41 bits per heavy atom. The van der Waals surface area contributed by atoms with Gasteiger partial charge in [0.25, 0.3) is 5.69 Å². The van der Waals surface area contributed by atoms with Crippen molar-refractivity contribution in [3.05, 3.63) is 40.3 Å². The summed E-state index contributed by atoms with van der Waals surface area (Å²) < 4.78 is 10.9. The van der Waals surface area contributed by atoms with Crippen LogP contribution < -0.4 is 0 Å². The van der Waals surface area contributed by atoms with Crippen LogP contribution in [0.3, 0.4) is 0 Å². The molecule has 2 heterocycles. The van der Waals surface area contributed by atoms with Crippen molar-refractivity contribution in [2.75, 3.05) is 19.7 Å². The maximum atomic E-state index is 12.0. The molecule has 0 spiro atoms. The van der Waals surface area contributed by atoms with Gasteiger partial charge in [-0.1, -0.05) is 0 Å².